The monoisotopic (exact) mass is 837 g/mol. The zero-order chi connectivity index (χ0) is 43.7. The van der Waals surface area contributed by atoms with E-state index in [0.29, 0.717) is 19.3 Å². The summed E-state index contributed by atoms with van der Waals surface area (Å²) in [6, 6.07) is 0. The summed E-state index contributed by atoms with van der Waals surface area (Å²) in [6.45, 7) is 6.38. The fraction of sp³-hybridized carbons (Fsp3) is 0.722. The van der Waals surface area contributed by atoms with E-state index in [9.17, 15) is 14.4 Å². The van der Waals surface area contributed by atoms with Crippen molar-refractivity contribution in [3.8, 4) is 0 Å². The lowest BCUT2D eigenvalue weighted by Crippen LogP contribution is -2.30. The highest BCUT2D eigenvalue weighted by molar-refractivity contribution is 5.71. The van der Waals surface area contributed by atoms with Crippen LogP contribution in [0.2, 0.25) is 0 Å². The Morgan fingerprint density at radius 1 is 0.350 bits per heavy atom. The Bertz CT molecular complexity index is 1140. The summed E-state index contributed by atoms with van der Waals surface area (Å²) in [7, 11) is 0. The third-order valence-electron chi connectivity index (χ3n) is 10.5. The maximum absolute atomic E-state index is 12.7. The first-order valence-corrected chi connectivity index (χ1v) is 24.9. The molecule has 0 spiro atoms. The van der Waals surface area contributed by atoms with E-state index in [4.69, 9.17) is 14.2 Å². The number of unbranched alkanes of at least 4 members (excludes halogenated alkanes) is 21. The summed E-state index contributed by atoms with van der Waals surface area (Å²) in [5.74, 6) is -0.915. The molecule has 0 aromatic carbocycles. The highest BCUT2D eigenvalue weighted by Crippen LogP contribution is 2.14. The number of rotatable bonds is 44. The zero-order valence-corrected chi connectivity index (χ0v) is 39.2. The Balaban J connectivity index is 4.37. The predicted octanol–water partition coefficient (Wildman–Crippen LogP) is 16.3. The van der Waals surface area contributed by atoms with Gasteiger partial charge in [-0.2, -0.15) is 0 Å². The van der Waals surface area contributed by atoms with Gasteiger partial charge in [-0.25, -0.2) is 0 Å². The van der Waals surface area contributed by atoms with Crippen LogP contribution in [-0.4, -0.2) is 37.2 Å². The third kappa shape index (κ3) is 45.9. The smallest absolute Gasteiger partial charge is 0.306 e. The molecule has 6 heteroatoms. The van der Waals surface area contributed by atoms with Gasteiger partial charge in [0.1, 0.15) is 13.2 Å². The number of hydrogen-bond acceptors (Lipinski definition) is 6. The van der Waals surface area contributed by atoms with Crippen LogP contribution in [0.4, 0.5) is 0 Å². The van der Waals surface area contributed by atoms with Crippen molar-refractivity contribution >= 4 is 17.9 Å². The summed E-state index contributed by atoms with van der Waals surface area (Å²) in [4.78, 5) is 37.9. The molecule has 0 radical (unpaired) electrons. The van der Waals surface area contributed by atoms with Crippen molar-refractivity contribution in [1.82, 2.24) is 0 Å². The summed E-state index contributed by atoms with van der Waals surface area (Å²) in [5.41, 5.74) is 0. The van der Waals surface area contributed by atoms with Crippen molar-refractivity contribution in [1.29, 1.82) is 0 Å². The third-order valence-corrected chi connectivity index (χ3v) is 10.5. The Morgan fingerprint density at radius 3 is 1.02 bits per heavy atom. The number of ether oxygens (including phenoxy) is 3. The van der Waals surface area contributed by atoms with Gasteiger partial charge in [0, 0.05) is 19.3 Å². The molecule has 0 aromatic heterocycles. The van der Waals surface area contributed by atoms with Crippen LogP contribution in [0.3, 0.4) is 0 Å². The van der Waals surface area contributed by atoms with Crippen LogP contribution in [0.5, 0.6) is 0 Å². The van der Waals surface area contributed by atoms with Crippen molar-refractivity contribution in [3.05, 3.63) is 72.9 Å². The Morgan fingerprint density at radius 2 is 0.650 bits per heavy atom. The standard InChI is InChI=1S/C54H92O6/c1-4-7-10-13-16-19-22-24-25-26-27-28-29-30-33-35-38-41-44-47-53(56)59-50-51(49-58-52(55)46-43-40-37-34-31-21-18-15-12-9-6-3)60-54(57)48-45-42-39-36-32-23-20-17-14-11-8-5-2/h7-8,10-11,16-17,19-20,24-25,27-28,51H,4-6,9,12-15,18,21-23,26,29-50H2,1-3H3/b10-7-,11-8-,19-16-,20-17-,25-24-,28-27-. The fourth-order valence-corrected chi connectivity index (χ4v) is 6.76. The van der Waals surface area contributed by atoms with Crippen LogP contribution < -0.4 is 0 Å². The van der Waals surface area contributed by atoms with Crippen molar-refractivity contribution in [2.24, 2.45) is 0 Å². The second-order valence-corrected chi connectivity index (χ2v) is 16.3. The zero-order valence-electron chi connectivity index (χ0n) is 39.2. The normalized spacial score (nSPS) is 12.7. The number of allylic oxidation sites excluding steroid dienone is 12. The summed E-state index contributed by atoms with van der Waals surface area (Å²) < 4.78 is 16.7. The van der Waals surface area contributed by atoms with E-state index in [0.717, 1.165) is 122 Å². The molecule has 0 fully saturated rings. The fourth-order valence-electron chi connectivity index (χ4n) is 6.76. The summed E-state index contributed by atoms with van der Waals surface area (Å²) in [6.07, 6.45) is 60.3. The molecule has 0 saturated heterocycles. The first kappa shape index (κ1) is 56.9. The van der Waals surface area contributed by atoms with E-state index in [1.165, 1.54) is 70.6 Å². The van der Waals surface area contributed by atoms with Crippen molar-refractivity contribution in [3.63, 3.8) is 0 Å². The largest absolute Gasteiger partial charge is 0.462 e. The van der Waals surface area contributed by atoms with Gasteiger partial charge in [-0.15, -0.1) is 0 Å². The van der Waals surface area contributed by atoms with Crippen LogP contribution in [0.25, 0.3) is 0 Å². The SMILES string of the molecule is CC/C=C\C/C=C\C/C=C\C/C=C\CCCCCCCCC(=O)OCC(COC(=O)CCCCCCCCCCCCC)OC(=O)CCCCCCC/C=C\C/C=C\CC. The van der Waals surface area contributed by atoms with Crippen LogP contribution in [-0.2, 0) is 28.6 Å². The quantitative estimate of drug-likeness (QED) is 0.0263. The molecule has 0 aromatic rings. The lowest BCUT2D eigenvalue weighted by atomic mass is 10.1. The van der Waals surface area contributed by atoms with E-state index in [1.54, 1.807) is 0 Å². The van der Waals surface area contributed by atoms with E-state index >= 15 is 0 Å². The van der Waals surface area contributed by atoms with Gasteiger partial charge in [-0.05, 0) is 83.5 Å². The van der Waals surface area contributed by atoms with Gasteiger partial charge >= 0.3 is 17.9 Å². The molecule has 0 amide bonds. The Labute approximate surface area is 370 Å². The molecule has 0 aliphatic rings. The first-order chi connectivity index (χ1) is 29.5. The van der Waals surface area contributed by atoms with Gasteiger partial charge < -0.3 is 14.2 Å². The number of carbonyl (C=O) groups is 3. The predicted molar refractivity (Wildman–Crippen MR) is 256 cm³/mol. The van der Waals surface area contributed by atoms with Crippen molar-refractivity contribution in [2.75, 3.05) is 13.2 Å². The maximum Gasteiger partial charge on any atom is 0.306 e. The average molecular weight is 837 g/mol. The van der Waals surface area contributed by atoms with Crippen LogP contribution in [0.1, 0.15) is 233 Å². The Kier molecular flexibility index (Phi) is 46.0. The molecule has 1 unspecified atom stereocenters. The van der Waals surface area contributed by atoms with E-state index in [-0.39, 0.29) is 31.1 Å². The molecule has 60 heavy (non-hydrogen) atoms. The summed E-state index contributed by atoms with van der Waals surface area (Å²) >= 11 is 0. The van der Waals surface area contributed by atoms with Crippen LogP contribution >= 0.6 is 0 Å². The minimum Gasteiger partial charge on any atom is -0.462 e. The van der Waals surface area contributed by atoms with Crippen molar-refractivity contribution in [2.45, 2.75) is 239 Å². The lowest BCUT2D eigenvalue weighted by Gasteiger charge is -2.18. The highest BCUT2D eigenvalue weighted by atomic mass is 16.6. The molecule has 1 atom stereocenters. The molecule has 6 nitrogen and oxygen atoms in total. The maximum atomic E-state index is 12.7. The van der Waals surface area contributed by atoms with Gasteiger partial charge in [0.25, 0.3) is 0 Å². The molecule has 0 bridgehead atoms. The minimum absolute atomic E-state index is 0.0848. The molecule has 0 N–H and O–H groups in total. The molecular formula is C54H92O6. The van der Waals surface area contributed by atoms with E-state index < -0.39 is 6.10 Å². The number of esters is 3. The van der Waals surface area contributed by atoms with Gasteiger partial charge in [0.2, 0.25) is 0 Å². The lowest BCUT2D eigenvalue weighted by molar-refractivity contribution is -0.167. The van der Waals surface area contributed by atoms with Crippen molar-refractivity contribution < 1.29 is 28.6 Å². The molecule has 0 aliphatic heterocycles. The topological polar surface area (TPSA) is 78.9 Å². The van der Waals surface area contributed by atoms with E-state index in [1.807, 2.05) is 0 Å². The molecular weight excluding hydrogens is 745 g/mol. The van der Waals surface area contributed by atoms with Gasteiger partial charge in [-0.3, -0.25) is 14.4 Å². The number of carbonyl (C=O) groups excluding carboxylic acids is 3. The Hall–Kier alpha value is -3.15. The van der Waals surface area contributed by atoms with Crippen LogP contribution in [0, 0.1) is 0 Å². The molecule has 0 rings (SSSR count). The molecule has 0 heterocycles. The second kappa shape index (κ2) is 48.5. The van der Waals surface area contributed by atoms with Gasteiger partial charge in [0.15, 0.2) is 6.10 Å². The van der Waals surface area contributed by atoms with Gasteiger partial charge in [0.05, 0.1) is 0 Å². The highest BCUT2D eigenvalue weighted by Gasteiger charge is 2.19. The van der Waals surface area contributed by atoms with E-state index in [2.05, 4.69) is 93.7 Å². The minimum atomic E-state index is -0.785. The van der Waals surface area contributed by atoms with Gasteiger partial charge in [-0.1, -0.05) is 203 Å². The molecule has 344 valence electrons. The molecule has 0 aliphatic carbocycles. The van der Waals surface area contributed by atoms with Crippen LogP contribution in [0.15, 0.2) is 72.9 Å². The molecule has 0 saturated carbocycles. The average Bonchev–Trinajstić information content (AvgIpc) is 3.24. The second-order valence-electron chi connectivity index (χ2n) is 16.3. The summed E-state index contributed by atoms with van der Waals surface area (Å²) in [5, 5.41) is 0. The number of hydrogen-bond donors (Lipinski definition) is 0. The first-order valence-electron chi connectivity index (χ1n) is 24.9.